The number of likely N-dealkylation sites (tertiary alicyclic amines) is 1. The fourth-order valence-electron chi connectivity index (χ4n) is 6.04. The fourth-order valence-corrected chi connectivity index (χ4v) is 6.04. The van der Waals surface area contributed by atoms with Crippen molar-refractivity contribution >= 4 is 11.8 Å². The van der Waals surface area contributed by atoms with Gasteiger partial charge in [0.2, 0.25) is 11.8 Å². The summed E-state index contributed by atoms with van der Waals surface area (Å²) in [6.07, 6.45) is 7.91. The Balaban J connectivity index is 1.64. The second kappa shape index (κ2) is 4.11. The third-order valence-corrected chi connectivity index (χ3v) is 7.43. The Morgan fingerprint density at radius 1 is 1.33 bits per heavy atom. The molecule has 21 heavy (non-hydrogen) atoms. The molecule has 0 N–H and O–H groups in total. The lowest BCUT2D eigenvalue weighted by Crippen LogP contribution is -2.71. The molecule has 5 unspecified atom stereocenters. The molecular formula is C18H27NO2. The summed E-state index contributed by atoms with van der Waals surface area (Å²) in [5.74, 6) is 3.29. The largest absolute Gasteiger partial charge is 0.275 e. The Bertz CT molecular complexity index is 511. The SMILES string of the molecule is CCC(C)(C)C(=O)N1C(=O)CC12CC1CC2C2CCCC12. The highest BCUT2D eigenvalue weighted by Crippen LogP contribution is 2.67. The van der Waals surface area contributed by atoms with E-state index in [9.17, 15) is 9.59 Å². The first-order valence-corrected chi connectivity index (χ1v) is 8.78. The van der Waals surface area contributed by atoms with Gasteiger partial charge in [-0.05, 0) is 55.8 Å². The number of fused-ring (bicyclic) bond motifs is 6. The first kappa shape index (κ1) is 13.8. The number of hydrogen-bond acceptors (Lipinski definition) is 2. The van der Waals surface area contributed by atoms with Gasteiger partial charge in [0.15, 0.2) is 0 Å². The van der Waals surface area contributed by atoms with E-state index >= 15 is 0 Å². The van der Waals surface area contributed by atoms with E-state index in [1.54, 1.807) is 4.90 Å². The Morgan fingerprint density at radius 3 is 2.71 bits per heavy atom. The van der Waals surface area contributed by atoms with Crippen LogP contribution >= 0.6 is 0 Å². The summed E-state index contributed by atoms with van der Waals surface area (Å²) in [4.78, 5) is 26.9. The van der Waals surface area contributed by atoms with E-state index in [0.29, 0.717) is 12.3 Å². The lowest BCUT2D eigenvalue weighted by atomic mass is 9.64. The van der Waals surface area contributed by atoms with Gasteiger partial charge in [-0.15, -0.1) is 0 Å². The lowest BCUT2D eigenvalue weighted by Gasteiger charge is -2.57. The van der Waals surface area contributed by atoms with Gasteiger partial charge in [0.1, 0.15) is 0 Å². The average Bonchev–Trinajstić information content (AvgIpc) is 3.08. The molecule has 3 aliphatic carbocycles. The van der Waals surface area contributed by atoms with E-state index in [-0.39, 0.29) is 17.4 Å². The monoisotopic (exact) mass is 289 g/mol. The Hall–Kier alpha value is -0.860. The fraction of sp³-hybridized carbons (Fsp3) is 0.889. The van der Waals surface area contributed by atoms with Crippen molar-refractivity contribution < 1.29 is 9.59 Å². The van der Waals surface area contributed by atoms with Crippen LogP contribution in [0.2, 0.25) is 0 Å². The molecule has 0 radical (unpaired) electrons. The molecule has 3 nitrogen and oxygen atoms in total. The zero-order valence-electron chi connectivity index (χ0n) is 13.5. The molecule has 2 bridgehead atoms. The summed E-state index contributed by atoms with van der Waals surface area (Å²) >= 11 is 0. The number of amides is 2. The van der Waals surface area contributed by atoms with Crippen LogP contribution < -0.4 is 0 Å². The van der Waals surface area contributed by atoms with Gasteiger partial charge in [0, 0.05) is 5.41 Å². The average molecular weight is 289 g/mol. The third-order valence-electron chi connectivity index (χ3n) is 7.43. The van der Waals surface area contributed by atoms with Crippen LogP contribution in [-0.4, -0.2) is 22.3 Å². The molecule has 0 aromatic carbocycles. The number of β-lactam (4-membered cyclic amide) rings is 1. The highest BCUT2D eigenvalue weighted by atomic mass is 16.2. The summed E-state index contributed by atoms with van der Waals surface area (Å²) < 4.78 is 0. The summed E-state index contributed by atoms with van der Waals surface area (Å²) in [7, 11) is 0. The van der Waals surface area contributed by atoms with Crippen LogP contribution in [0.25, 0.3) is 0 Å². The molecule has 1 saturated heterocycles. The second-order valence-electron chi connectivity index (χ2n) is 8.62. The number of carbonyl (C=O) groups is 2. The molecule has 1 spiro atoms. The van der Waals surface area contributed by atoms with Crippen LogP contribution in [-0.2, 0) is 9.59 Å². The molecule has 5 atom stereocenters. The van der Waals surface area contributed by atoms with Gasteiger partial charge in [0.05, 0.1) is 12.0 Å². The maximum atomic E-state index is 12.9. The summed E-state index contributed by atoms with van der Waals surface area (Å²) in [6, 6.07) is 0. The molecule has 4 rings (SSSR count). The van der Waals surface area contributed by atoms with Gasteiger partial charge in [-0.2, -0.15) is 0 Å². The van der Waals surface area contributed by atoms with Crippen molar-refractivity contribution in [1.82, 2.24) is 4.90 Å². The van der Waals surface area contributed by atoms with Crippen molar-refractivity contribution in [2.45, 2.75) is 71.3 Å². The minimum absolute atomic E-state index is 0.0726. The summed E-state index contributed by atoms with van der Waals surface area (Å²) in [5.41, 5.74) is -0.475. The predicted molar refractivity (Wildman–Crippen MR) is 80.3 cm³/mol. The number of carbonyl (C=O) groups excluding carboxylic acids is 2. The topological polar surface area (TPSA) is 37.4 Å². The summed E-state index contributed by atoms with van der Waals surface area (Å²) in [6.45, 7) is 6.02. The van der Waals surface area contributed by atoms with E-state index in [2.05, 4.69) is 0 Å². The smallest absolute Gasteiger partial charge is 0.235 e. The van der Waals surface area contributed by atoms with Crippen LogP contribution in [0.3, 0.4) is 0 Å². The number of rotatable bonds is 2. The van der Waals surface area contributed by atoms with Crippen molar-refractivity contribution in [3.8, 4) is 0 Å². The van der Waals surface area contributed by atoms with Gasteiger partial charge < -0.3 is 0 Å². The highest BCUT2D eigenvalue weighted by Gasteiger charge is 2.69. The van der Waals surface area contributed by atoms with Crippen LogP contribution in [0.4, 0.5) is 0 Å². The van der Waals surface area contributed by atoms with Crippen molar-refractivity contribution in [3.63, 3.8) is 0 Å². The zero-order chi connectivity index (χ0) is 15.0. The molecule has 1 aliphatic heterocycles. The molecule has 3 heteroatoms. The van der Waals surface area contributed by atoms with Crippen molar-refractivity contribution in [2.24, 2.45) is 29.1 Å². The molecule has 0 aromatic rings. The quantitative estimate of drug-likeness (QED) is 0.731. The molecule has 4 fully saturated rings. The normalized spacial score (nSPS) is 44.3. The molecule has 0 aromatic heterocycles. The molecule has 3 saturated carbocycles. The van der Waals surface area contributed by atoms with E-state index in [0.717, 1.165) is 30.6 Å². The van der Waals surface area contributed by atoms with Crippen LogP contribution in [0.15, 0.2) is 0 Å². The molecule has 116 valence electrons. The van der Waals surface area contributed by atoms with Gasteiger partial charge in [-0.1, -0.05) is 27.2 Å². The first-order chi connectivity index (χ1) is 9.90. The van der Waals surface area contributed by atoms with Crippen molar-refractivity contribution in [1.29, 1.82) is 0 Å². The van der Waals surface area contributed by atoms with E-state index < -0.39 is 5.41 Å². The van der Waals surface area contributed by atoms with E-state index in [4.69, 9.17) is 0 Å². The maximum absolute atomic E-state index is 12.9. The minimum atomic E-state index is -0.403. The number of imide groups is 1. The van der Waals surface area contributed by atoms with Crippen LogP contribution in [0.1, 0.15) is 65.7 Å². The Morgan fingerprint density at radius 2 is 2.05 bits per heavy atom. The van der Waals surface area contributed by atoms with Crippen LogP contribution in [0.5, 0.6) is 0 Å². The first-order valence-electron chi connectivity index (χ1n) is 8.78. The zero-order valence-corrected chi connectivity index (χ0v) is 13.5. The van der Waals surface area contributed by atoms with Gasteiger partial charge >= 0.3 is 0 Å². The molecule has 2 amide bonds. The Kier molecular flexibility index (Phi) is 2.70. The predicted octanol–water partition coefficient (Wildman–Crippen LogP) is 3.38. The number of hydrogen-bond donors (Lipinski definition) is 0. The van der Waals surface area contributed by atoms with E-state index in [1.807, 2.05) is 20.8 Å². The van der Waals surface area contributed by atoms with E-state index in [1.165, 1.54) is 25.7 Å². The molecular weight excluding hydrogens is 262 g/mol. The lowest BCUT2D eigenvalue weighted by molar-refractivity contribution is -0.181. The van der Waals surface area contributed by atoms with Gasteiger partial charge in [-0.25, -0.2) is 0 Å². The van der Waals surface area contributed by atoms with Crippen LogP contribution in [0, 0.1) is 29.1 Å². The highest BCUT2D eigenvalue weighted by molar-refractivity contribution is 6.04. The molecule has 4 aliphatic rings. The third kappa shape index (κ3) is 1.55. The van der Waals surface area contributed by atoms with Crippen molar-refractivity contribution in [2.75, 3.05) is 0 Å². The van der Waals surface area contributed by atoms with Gasteiger partial charge in [0.25, 0.3) is 0 Å². The van der Waals surface area contributed by atoms with Crippen molar-refractivity contribution in [3.05, 3.63) is 0 Å². The Labute approximate surface area is 127 Å². The van der Waals surface area contributed by atoms with Gasteiger partial charge in [-0.3, -0.25) is 14.5 Å². The molecule has 1 heterocycles. The maximum Gasteiger partial charge on any atom is 0.235 e. The second-order valence-corrected chi connectivity index (χ2v) is 8.62. The number of nitrogens with zero attached hydrogens (tertiary/aromatic N) is 1. The summed E-state index contributed by atoms with van der Waals surface area (Å²) in [5, 5.41) is 0. The minimum Gasteiger partial charge on any atom is -0.275 e. The standard InChI is InChI=1S/C18H27NO2/c1-4-17(2,3)16(21)19-15(20)10-18(19)9-11-8-14(18)13-7-5-6-12(11)13/h11-14H,4-10H2,1-3H3.